The second-order valence-electron chi connectivity index (χ2n) is 6.74. The number of rotatable bonds is 5. The van der Waals surface area contributed by atoms with E-state index < -0.39 is 34.6 Å². The van der Waals surface area contributed by atoms with Crippen molar-refractivity contribution in [2.75, 3.05) is 5.32 Å². The molecule has 1 atom stereocenters. The first-order valence-electron chi connectivity index (χ1n) is 8.54. The van der Waals surface area contributed by atoms with Crippen molar-refractivity contribution in [1.82, 2.24) is 5.32 Å². The Morgan fingerprint density at radius 2 is 1.64 bits per heavy atom. The van der Waals surface area contributed by atoms with E-state index in [0.717, 1.165) is 17.7 Å². The summed E-state index contributed by atoms with van der Waals surface area (Å²) in [6.07, 6.45) is -4.64. The third-order valence-electron chi connectivity index (χ3n) is 4.09. The lowest BCUT2D eigenvalue weighted by molar-refractivity contribution is -0.137. The lowest BCUT2D eigenvalue weighted by Gasteiger charge is -2.22. The van der Waals surface area contributed by atoms with Gasteiger partial charge in [-0.25, -0.2) is 0 Å². The molecule has 4 nitrogen and oxygen atoms in total. The van der Waals surface area contributed by atoms with E-state index in [2.05, 4.69) is 10.6 Å². The molecule has 0 radical (unpaired) electrons. The third-order valence-corrected chi connectivity index (χ3v) is 4.42. The van der Waals surface area contributed by atoms with Crippen LogP contribution in [0.4, 0.5) is 18.9 Å². The summed E-state index contributed by atoms with van der Waals surface area (Å²) in [5, 5.41) is 4.59. The van der Waals surface area contributed by atoms with Crippen LogP contribution in [0.25, 0.3) is 0 Å². The maximum Gasteiger partial charge on any atom is 0.417 e. The molecule has 150 valence electrons. The zero-order valence-electron chi connectivity index (χ0n) is 15.5. The van der Waals surface area contributed by atoms with Gasteiger partial charge < -0.3 is 10.6 Å². The Kier molecular flexibility index (Phi) is 6.72. The fraction of sp³-hybridized carbons (Fsp3) is 0.300. The summed E-state index contributed by atoms with van der Waals surface area (Å²) in [6.45, 7) is 5.33. The molecule has 0 heterocycles. The van der Waals surface area contributed by atoms with Gasteiger partial charge in [0.1, 0.15) is 6.04 Å². The average molecular weight is 413 g/mol. The van der Waals surface area contributed by atoms with Crippen molar-refractivity contribution in [3.8, 4) is 0 Å². The largest absolute Gasteiger partial charge is 0.417 e. The zero-order valence-corrected chi connectivity index (χ0v) is 16.3. The van der Waals surface area contributed by atoms with Gasteiger partial charge in [-0.3, -0.25) is 9.59 Å². The van der Waals surface area contributed by atoms with Crippen molar-refractivity contribution < 1.29 is 22.8 Å². The molecule has 1 unspecified atom stereocenters. The molecule has 0 aliphatic carbocycles. The fourth-order valence-electron chi connectivity index (χ4n) is 2.50. The summed E-state index contributed by atoms with van der Waals surface area (Å²) < 4.78 is 39.0. The molecule has 0 aromatic heterocycles. The van der Waals surface area contributed by atoms with Crippen LogP contribution in [0.15, 0.2) is 42.5 Å². The minimum Gasteiger partial charge on any atom is -0.340 e. The van der Waals surface area contributed by atoms with Crippen LogP contribution in [0.1, 0.15) is 35.3 Å². The molecular formula is C20H20ClF3N2O2. The van der Waals surface area contributed by atoms with Crippen LogP contribution in [-0.4, -0.2) is 17.9 Å². The van der Waals surface area contributed by atoms with Crippen molar-refractivity contribution in [1.29, 1.82) is 0 Å². The van der Waals surface area contributed by atoms with E-state index >= 15 is 0 Å². The topological polar surface area (TPSA) is 58.2 Å². The summed E-state index contributed by atoms with van der Waals surface area (Å²) in [7, 11) is 0. The Labute approximate surface area is 166 Å². The number of amides is 2. The number of aryl methyl sites for hydroxylation is 1. The SMILES string of the molecule is Cc1ccc(C(=O)NC(C(=O)Nc2ccc(Cl)c(C(F)(F)F)c2)C(C)C)cc1. The quantitative estimate of drug-likeness (QED) is 0.721. The van der Waals surface area contributed by atoms with Gasteiger partial charge in [-0.1, -0.05) is 43.1 Å². The highest BCUT2D eigenvalue weighted by Crippen LogP contribution is 2.36. The first-order chi connectivity index (χ1) is 13.0. The number of hydrogen-bond donors (Lipinski definition) is 2. The smallest absolute Gasteiger partial charge is 0.340 e. The fourth-order valence-corrected chi connectivity index (χ4v) is 2.73. The first kappa shape index (κ1) is 21.8. The van der Waals surface area contributed by atoms with Gasteiger partial charge in [-0.15, -0.1) is 0 Å². The highest BCUT2D eigenvalue weighted by Gasteiger charge is 2.34. The molecule has 2 aromatic carbocycles. The van der Waals surface area contributed by atoms with Gasteiger partial charge in [0.05, 0.1) is 10.6 Å². The van der Waals surface area contributed by atoms with Crippen LogP contribution in [-0.2, 0) is 11.0 Å². The molecule has 0 bridgehead atoms. The average Bonchev–Trinajstić information content (AvgIpc) is 2.60. The van der Waals surface area contributed by atoms with Crippen LogP contribution in [0.5, 0.6) is 0 Å². The van der Waals surface area contributed by atoms with Crippen molar-refractivity contribution in [2.24, 2.45) is 5.92 Å². The predicted octanol–water partition coefficient (Wildman–Crippen LogP) is 5.06. The van der Waals surface area contributed by atoms with E-state index in [1.54, 1.807) is 38.1 Å². The van der Waals surface area contributed by atoms with Gasteiger partial charge in [0.25, 0.3) is 5.91 Å². The number of alkyl halides is 3. The van der Waals surface area contributed by atoms with Crippen molar-refractivity contribution in [3.63, 3.8) is 0 Å². The van der Waals surface area contributed by atoms with Crippen LogP contribution >= 0.6 is 11.6 Å². The standard InChI is InChI=1S/C20H20ClF3N2O2/c1-11(2)17(26-18(27)13-6-4-12(3)5-7-13)19(28)25-14-8-9-16(21)15(10-14)20(22,23)24/h4-11,17H,1-3H3,(H,25,28)(H,26,27). The molecule has 0 fully saturated rings. The summed E-state index contributed by atoms with van der Waals surface area (Å²) in [5.74, 6) is -1.35. The maximum absolute atomic E-state index is 13.0. The number of anilines is 1. The number of nitrogens with one attached hydrogen (secondary N) is 2. The molecule has 2 amide bonds. The lowest BCUT2D eigenvalue weighted by Crippen LogP contribution is -2.47. The summed E-state index contributed by atoms with van der Waals surface area (Å²) in [4.78, 5) is 25.0. The van der Waals surface area contributed by atoms with Crippen LogP contribution in [0.2, 0.25) is 5.02 Å². The summed E-state index contributed by atoms with van der Waals surface area (Å²) in [6, 6.07) is 8.98. The highest BCUT2D eigenvalue weighted by molar-refractivity contribution is 6.31. The van der Waals surface area contributed by atoms with Crippen molar-refractivity contribution >= 4 is 29.1 Å². The summed E-state index contributed by atoms with van der Waals surface area (Å²) >= 11 is 5.59. The van der Waals surface area contributed by atoms with Gasteiger partial charge in [0.15, 0.2) is 0 Å². The Morgan fingerprint density at radius 3 is 2.18 bits per heavy atom. The number of halogens is 4. The van der Waals surface area contributed by atoms with Gasteiger partial charge in [-0.2, -0.15) is 13.2 Å². The second kappa shape index (κ2) is 8.65. The monoisotopic (exact) mass is 412 g/mol. The third kappa shape index (κ3) is 5.48. The summed E-state index contributed by atoms with van der Waals surface area (Å²) in [5.41, 5.74) is 0.265. The van der Waals surface area contributed by atoms with Crippen molar-refractivity contribution in [3.05, 3.63) is 64.2 Å². The van der Waals surface area contributed by atoms with Crippen LogP contribution < -0.4 is 10.6 Å². The Morgan fingerprint density at radius 1 is 1.04 bits per heavy atom. The maximum atomic E-state index is 13.0. The number of carbonyl (C=O) groups is 2. The van der Waals surface area contributed by atoms with E-state index in [1.807, 2.05) is 6.92 Å². The van der Waals surface area contributed by atoms with E-state index in [9.17, 15) is 22.8 Å². The van der Waals surface area contributed by atoms with E-state index in [0.29, 0.717) is 5.56 Å². The van der Waals surface area contributed by atoms with E-state index in [4.69, 9.17) is 11.6 Å². The second-order valence-corrected chi connectivity index (χ2v) is 7.15. The number of hydrogen-bond acceptors (Lipinski definition) is 2. The Hall–Kier alpha value is -2.54. The predicted molar refractivity (Wildman–Crippen MR) is 102 cm³/mol. The highest BCUT2D eigenvalue weighted by atomic mass is 35.5. The molecule has 8 heteroatoms. The minimum absolute atomic E-state index is 0.0584. The molecule has 2 aromatic rings. The molecule has 0 aliphatic heterocycles. The van der Waals surface area contributed by atoms with Crippen LogP contribution in [0, 0.1) is 12.8 Å². The molecule has 0 spiro atoms. The first-order valence-corrected chi connectivity index (χ1v) is 8.92. The zero-order chi connectivity index (χ0) is 21.1. The molecule has 2 rings (SSSR count). The van der Waals surface area contributed by atoms with Gasteiger partial charge in [0, 0.05) is 11.3 Å². The molecule has 2 N–H and O–H groups in total. The molecular weight excluding hydrogens is 393 g/mol. The van der Waals surface area contributed by atoms with Crippen molar-refractivity contribution in [2.45, 2.75) is 33.0 Å². The molecule has 28 heavy (non-hydrogen) atoms. The minimum atomic E-state index is -4.64. The Bertz CT molecular complexity index is 865. The van der Waals surface area contributed by atoms with Crippen LogP contribution in [0.3, 0.4) is 0 Å². The number of carbonyl (C=O) groups excluding carboxylic acids is 2. The van der Waals surface area contributed by atoms with E-state index in [-0.39, 0.29) is 11.6 Å². The molecule has 0 saturated heterocycles. The molecule has 0 aliphatic rings. The van der Waals surface area contributed by atoms with Gasteiger partial charge >= 0.3 is 6.18 Å². The van der Waals surface area contributed by atoms with Gasteiger partial charge in [-0.05, 0) is 43.2 Å². The lowest BCUT2D eigenvalue weighted by atomic mass is 10.0. The molecule has 0 saturated carbocycles. The Balaban J connectivity index is 2.17. The van der Waals surface area contributed by atoms with Gasteiger partial charge in [0.2, 0.25) is 5.91 Å². The number of benzene rings is 2. The normalized spacial score (nSPS) is 12.6. The van der Waals surface area contributed by atoms with E-state index in [1.165, 1.54) is 6.07 Å².